The van der Waals surface area contributed by atoms with E-state index in [-0.39, 0.29) is 5.91 Å². The first kappa shape index (κ1) is 14.7. The standard InChI is InChI=1S/C14H21NO3/c1-11(13(16)15-18-14(2,3)4)17-10-12-8-6-5-7-9-12/h5-9,11H,10H2,1-4H3,(H,15,16). The van der Waals surface area contributed by atoms with E-state index in [2.05, 4.69) is 5.48 Å². The molecule has 4 nitrogen and oxygen atoms in total. The third kappa shape index (κ3) is 5.80. The third-order valence-corrected chi connectivity index (χ3v) is 2.17. The maximum absolute atomic E-state index is 11.6. The van der Waals surface area contributed by atoms with Crippen LogP contribution in [0.25, 0.3) is 0 Å². The summed E-state index contributed by atoms with van der Waals surface area (Å²) in [6, 6.07) is 9.72. The molecule has 0 aliphatic rings. The smallest absolute Gasteiger partial charge is 0.272 e. The number of rotatable bonds is 5. The minimum absolute atomic E-state index is 0.277. The lowest BCUT2D eigenvalue weighted by Gasteiger charge is -2.20. The molecule has 1 aromatic carbocycles. The van der Waals surface area contributed by atoms with Crippen LogP contribution < -0.4 is 5.48 Å². The van der Waals surface area contributed by atoms with E-state index in [1.54, 1.807) is 6.92 Å². The molecule has 0 aromatic heterocycles. The van der Waals surface area contributed by atoms with E-state index in [1.165, 1.54) is 0 Å². The van der Waals surface area contributed by atoms with E-state index in [0.29, 0.717) is 6.61 Å². The molecule has 0 aliphatic heterocycles. The van der Waals surface area contributed by atoms with Gasteiger partial charge in [-0.05, 0) is 33.3 Å². The monoisotopic (exact) mass is 251 g/mol. The summed E-state index contributed by atoms with van der Waals surface area (Å²) >= 11 is 0. The van der Waals surface area contributed by atoms with Crippen LogP contribution in [0.3, 0.4) is 0 Å². The zero-order valence-electron chi connectivity index (χ0n) is 11.4. The van der Waals surface area contributed by atoms with Crippen molar-refractivity contribution in [2.45, 2.75) is 46.0 Å². The van der Waals surface area contributed by atoms with Gasteiger partial charge in [0.1, 0.15) is 6.10 Å². The molecule has 1 rings (SSSR count). The molecule has 1 amide bonds. The van der Waals surface area contributed by atoms with Crippen LogP contribution in [0.1, 0.15) is 33.3 Å². The highest BCUT2D eigenvalue weighted by Crippen LogP contribution is 2.06. The summed E-state index contributed by atoms with van der Waals surface area (Å²) in [5.41, 5.74) is 3.02. The minimum Gasteiger partial charge on any atom is -0.364 e. The Labute approximate surface area is 108 Å². The number of carbonyl (C=O) groups excluding carboxylic acids is 1. The lowest BCUT2D eigenvalue weighted by Crippen LogP contribution is -2.39. The summed E-state index contributed by atoms with van der Waals surface area (Å²) in [6.45, 7) is 7.70. The Balaban J connectivity index is 2.32. The van der Waals surface area contributed by atoms with Crippen molar-refractivity contribution in [3.63, 3.8) is 0 Å². The second-order valence-corrected chi connectivity index (χ2v) is 5.12. The van der Waals surface area contributed by atoms with Gasteiger partial charge in [-0.25, -0.2) is 5.48 Å². The fourth-order valence-corrected chi connectivity index (χ4v) is 1.16. The van der Waals surface area contributed by atoms with Crippen molar-refractivity contribution in [2.75, 3.05) is 0 Å². The van der Waals surface area contributed by atoms with E-state index >= 15 is 0 Å². The van der Waals surface area contributed by atoms with Crippen LogP contribution in [-0.4, -0.2) is 17.6 Å². The molecule has 0 saturated carbocycles. The molecular formula is C14H21NO3. The Bertz CT molecular complexity index is 370. The molecule has 0 bridgehead atoms. The molecule has 0 saturated heterocycles. The SMILES string of the molecule is CC(OCc1ccccc1)C(=O)NOC(C)(C)C. The van der Waals surface area contributed by atoms with Gasteiger partial charge in [-0.3, -0.25) is 9.63 Å². The van der Waals surface area contributed by atoms with Crippen LogP contribution in [0.5, 0.6) is 0 Å². The van der Waals surface area contributed by atoms with Gasteiger partial charge >= 0.3 is 0 Å². The van der Waals surface area contributed by atoms with Gasteiger partial charge in [0.2, 0.25) is 0 Å². The fourth-order valence-electron chi connectivity index (χ4n) is 1.16. The van der Waals surface area contributed by atoms with Crippen molar-refractivity contribution >= 4 is 5.91 Å². The lowest BCUT2D eigenvalue weighted by atomic mass is 10.2. The Morgan fingerprint density at radius 3 is 2.44 bits per heavy atom. The average molecular weight is 251 g/mol. The number of ether oxygens (including phenoxy) is 1. The van der Waals surface area contributed by atoms with Gasteiger partial charge in [0.05, 0.1) is 12.2 Å². The third-order valence-electron chi connectivity index (χ3n) is 2.17. The van der Waals surface area contributed by atoms with Crippen molar-refractivity contribution in [3.05, 3.63) is 35.9 Å². The van der Waals surface area contributed by atoms with Gasteiger partial charge in [0.25, 0.3) is 5.91 Å². The summed E-state index contributed by atoms with van der Waals surface area (Å²) < 4.78 is 5.46. The van der Waals surface area contributed by atoms with Gasteiger partial charge in [0, 0.05) is 0 Å². The number of hydrogen-bond donors (Lipinski definition) is 1. The Hall–Kier alpha value is -1.39. The van der Waals surface area contributed by atoms with Gasteiger partial charge in [-0.2, -0.15) is 0 Å². The Kier molecular flexibility index (Phi) is 5.31. The maximum atomic E-state index is 11.6. The first-order valence-electron chi connectivity index (χ1n) is 6.02. The topological polar surface area (TPSA) is 47.6 Å². The van der Waals surface area contributed by atoms with Crippen molar-refractivity contribution in [2.24, 2.45) is 0 Å². The fraction of sp³-hybridized carbons (Fsp3) is 0.500. The predicted octanol–water partition coefficient (Wildman–Crippen LogP) is 2.44. The average Bonchev–Trinajstić information content (AvgIpc) is 2.33. The van der Waals surface area contributed by atoms with Gasteiger partial charge in [-0.15, -0.1) is 0 Å². The van der Waals surface area contributed by atoms with Crippen molar-refractivity contribution in [1.82, 2.24) is 5.48 Å². The number of nitrogens with one attached hydrogen (secondary N) is 1. The highest BCUT2D eigenvalue weighted by atomic mass is 16.7. The summed E-state index contributed by atoms with van der Waals surface area (Å²) in [6.07, 6.45) is -0.549. The van der Waals surface area contributed by atoms with E-state index < -0.39 is 11.7 Å². The number of carbonyl (C=O) groups is 1. The van der Waals surface area contributed by atoms with E-state index in [0.717, 1.165) is 5.56 Å². The lowest BCUT2D eigenvalue weighted by molar-refractivity contribution is -0.156. The van der Waals surface area contributed by atoms with Crippen molar-refractivity contribution < 1.29 is 14.4 Å². The highest BCUT2D eigenvalue weighted by Gasteiger charge is 2.17. The largest absolute Gasteiger partial charge is 0.364 e. The van der Waals surface area contributed by atoms with E-state index in [9.17, 15) is 4.79 Å². The Morgan fingerprint density at radius 1 is 1.28 bits per heavy atom. The quantitative estimate of drug-likeness (QED) is 0.818. The molecule has 1 atom stereocenters. The van der Waals surface area contributed by atoms with Gasteiger partial charge in [0.15, 0.2) is 0 Å². The number of benzene rings is 1. The molecule has 100 valence electrons. The van der Waals surface area contributed by atoms with Crippen molar-refractivity contribution in [3.8, 4) is 0 Å². The second-order valence-electron chi connectivity index (χ2n) is 5.12. The van der Waals surface area contributed by atoms with Crippen LogP contribution in [0.15, 0.2) is 30.3 Å². The van der Waals surface area contributed by atoms with Crippen LogP contribution in [0, 0.1) is 0 Å². The van der Waals surface area contributed by atoms with Crippen molar-refractivity contribution in [1.29, 1.82) is 0 Å². The molecule has 0 radical (unpaired) electrons. The van der Waals surface area contributed by atoms with Crippen LogP contribution in [0.4, 0.5) is 0 Å². The molecule has 18 heavy (non-hydrogen) atoms. The zero-order chi connectivity index (χ0) is 13.6. The van der Waals surface area contributed by atoms with Crippen LogP contribution in [-0.2, 0) is 21.0 Å². The molecule has 0 fully saturated rings. The number of amides is 1. The molecular weight excluding hydrogens is 230 g/mol. The molecule has 4 heteroatoms. The summed E-state index contributed by atoms with van der Waals surface area (Å²) in [4.78, 5) is 16.8. The number of hydrogen-bond acceptors (Lipinski definition) is 3. The second kappa shape index (κ2) is 6.52. The molecule has 0 spiro atoms. The Morgan fingerprint density at radius 2 is 1.89 bits per heavy atom. The highest BCUT2D eigenvalue weighted by molar-refractivity contribution is 5.79. The maximum Gasteiger partial charge on any atom is 0.272 e. The van der Waals surface area contributed by atoms with Crippen LogP contribution >= 0.6 is 0 Å². The van der Waals surface area contributed by atoms with E-state index in [4.69, 9.17) is 9.57 Å². The first-order chi connectivity index (χ1) is 8.38. The molecule has 1 unspecified atom stereocenters. The molecule has 1 aromatic rings. The van der Waals surface area contributed by atoms with Crippen LogP contribution in [0.2, 0.25) is 0 Å². The normalized spacial score (nSPS) is 13.1. The minimum atomic E-state index is -0.549. The summed E-state index contributed by atoms with van der Waals surface area (Å²) in [5.74, 6) is -0.277. The number of hydroxylamine groups is 1. The summed E-state index contributed by atoms with van der Waals surface area (Å²) in [7, 11) is 0. The molecule has 1 N–H and O–H groups in total. The summed E-state index contributed by atoms with van der Waals surface area (Å²) in [5, 5.41) is 0. The van der Waals surface area contributed by atoms with Gasteiger partial charge < -0.3 is 4.74 Å². The van der Waals surface area contributed by atoms with Gasteiger partial charge in [-0.1, -0.05) is 30.3 Å². The predicted molar refractivity (Wildman–Crippen MR) is 69.7 cm³/mol. The zero-order valence-corrected chi connectivity index (χ0v) is 11.4. The first-order valence-corrected chi connectivity index (χ1v) is 6.02. The molecule has 0 heterocycles. The molecule has 0 aliphatic carbocycles. The van der Waals surface area contributed by atoms with E-state index in [1.807, 2.05) is 51.1 Å².